The Balaban J connectivity index is 2.07. The Bertz CT molecular complexity index is 521. The van der Waals surface area contributed by atoms with E-state index in [4.69, 9.17) is 0 Å². The van der Waals surface area contributed by atoms with Crippen molar-refractivity contribution in [1.82, 2.24) is 25.9 Å². The number of hydrogen-bond donors (Lipinski definition) is 2. The zero-order valence-corrected chi connectivity index (χ0v) is 9.69. The summed E-state index contributed by atoms with van der Waals surface area (Å²) >= 11 is 0. The summed E-state index contributed by atoms with van der Waals surface area (Å²) in [6.45, 7) is 4.17. The van der Waals surface area contributed by atoms with Gasteiger partial charge < -0.3 is 5.32 Å². The van der Waals surface area contributed by atoms with Crippen molar-refractivity contribution in [2.45, 2.75) is 20.4 Å². The third-order valence-electron chi connectivity index (χ3n) is 2.65. The van der Waals surface area contributed by atoms with Crippen LogP contribution in [0.25, 0.3) is 0 Å². The summed E-state index contributed by atoms with van der Waals surface area (Å²) in [4.78, 5) is 11.9. The molecule has 1 aromatic carbocycles. The van der Waals surface area contributed by atoms with Gasteiger partial charge >= 0.3 is 0 Å². The lowest BCUT2D eigenvalue weighted by molar-refractivity contribution is 0.0949. The van der Waals surface area contributed by atoms with Crippen LogP contribution in [0, 0.1) is 13.8 Å². The number of tetrazole rings is 1. The predicted molar refractivity (Wildman–Crippen MR) is 61.3 cm³/mol. The third-order valence-corrected chi connectivity index (χ3v) is 2.65. The van der Waals surface area contributed by atoms with Crippen molar-refractivity contribution in [3.05, 3.63) is 40.7 Å². The lowest BCUT2D eigenvalue weighted by Crippen LogP contribution is -2.24. The molecule has 0 saturated heterocycles. The van der Waals surface area contributed by atoms with Gasteiger partial charge in [0.15, 0.2) is 5.82 Å². The van der Waals surface area contributed by atoms with Crippen LogP contribution in [0.4, 0.5) is 0 Å². The Morgan fingerprint density at radius 2 is 2.24 bits per heavy atom. The second kappa shape index (κ2) is 4.73. The molecule has 0 unspecified atom stereocenters. The number of aromatic amines is 1. The van der Waals surface area contributed by atoms with Crippen LogP contribution in [0.1, 0.15) is 27.3 Å². The van der Waals surface area contributed by atoms with Gasteiger partial charge in [-0.1, -0.05) is 17.3 Å². The highest BCUT2D eigenvalue weighted by Gasteiger charge is 2.10. The molecular weight excluding hydrogens is 218 g/mol. The number of aryl methyl sites for hydroxylation is 1. The van der Waals surface area contributed by atoms with E-state index in [1.807, 2.05) is 26.0 Å². The smallest absolute Gasteiger partial charge is 0.251 e. The van der Waals surface area contributed by atoms with Crippen LogP contribution in [-0.2, 0) is 6.54 Å². The second-order valence-corrected chi connectivity index (χ2v) is 3.76. The number of carbonyl (C=O) groups excluding carboxylic acids is 1. The van der Waals surface area contributed by atoms with Gasteiger partial charge in [0, 0.05) is 5.56 Å². The molecule has 0 aliphatic heterocycles. The van der Waals surface area contributed by atoms with E-state index in [1.54, 1.807) is 6.07 Å². The lowest BCUT2D eigenvalue weighted by Gasteiger charge is -2.07. The number of rotatable bonds is 3. The SMILES string of the molecule is Cc1cccc(C(=O)NCc2nn[nH]n2)c1C. The predicted octanol–water partition coefficient (Wildman–Crippen LogP) is 0.747. The monoisotopic (exact) mass is 231 g/mol. The summed E-state index contributed by atoms with van der Waals surface area (Å²) in [5, 5.41) is 16.0. The number of carbonyl (C=O) groups is 1. The molecule has 2 aromatic rings. The van der Waals surface area contributed by atoms with Crippen molar-refractivity contribution in [1.29, 1.82) is 0 Å². The van der Waals surface area contributed by atoms with Gasteiger partial charge in [0.1, 0.15) is 0 Å². The molecule has 17 heavy (non-hydrogen) atoms. The van der Waals surface area contributed by atoms with Gasteiger partial charge in [0.2, 0.25) is 0 Å². The molecule has 0 saturated carbocycles. The number of nitrogens with one attached hydrogen (secondary N) is 2. The molecule has 6 nitrogen and oxygen atoms in total. The number of benzene rings is 1. The molecule has 2 rings (SSSR count). The van der Waals surface area contributed by atoms with Gasteiger partial charge in [0.25, 0.3) is 5.91 Å². The molecule has 0 aliphatic carbocycles. The number of nitrogens with zero attached hydrogens (tertiary/aromatic N) is 3. The maximum absolute atomic E-state index is 11.9. The summed E-state index contributed by atoms with van der Waals surface area (Å²) in [7, 11) is 0. The van der Waals surface area contributed by atoms with Gasteiger partial charge in [-0.2, -0.15) is 5.21 Å². The van der Waals surface area contributed by atoms with Crippen molar-refractivity contribution in [3.8, 4) is 0 Å². The average Bonchev–Trinajstić information content (AvgIpc) is 2.82. The highest BCUT2D eigenvalue weighted by Crippen LogP contribution is 2.12. The van der Waals surface area contributed by atoms with Crippen LogP contribution >= 0.6 is 0 Å². The van der Waals surface area contributed by atoms with Crippen LogP contribution in [0.5, 0.6) is 0 Å². The molecule has 0 spiro atoms. The molecule has 0 fully saturated rings. The van der Waals surface area contributed by atoms with Gasteiger partial charge in [0.05, 0.1) is 6.54 Å². The van der Waals surface area contributed by atoms with Crippen LogP contribution in [0.2, 0.25) is 0 Å². The molecule has 0 bridgehead atoms. The molecule has 88 valence electrons. The minimum Gasteiger partial charge on any atom is -0.345 e. The summed E-state index contributed by atoms with van der Waals surface area (Å²) in [5.74, 6) is 0.333. The molecule has 6 heteroatoms. The average molecular weight is 231 g/mol. The Hall–Kier alpha value is -2.24. The van der Waals surface area contributed by atoms with E-state index >= 15 is 0 Å². The normalized spacial score (nSPS) is 10.2. The van der Waals surface area contributed by atoms with Gasteiger partial charge in [-0.15, -0.1) is 10.2 Å². The Kier molecular flexibility index (Phi) is 3.13. The second-order valence-electron chi connectivity index (χ2n) is 3.76. The van der Waals surface area contributed by atoms with E-state index in [0.717, 1.165) is 11.1 Å². The van der Waals surface area contributed by atoms with Gasteiger partial charge in [-0.05, 0) is 31.0 Å². The maximum Gasteiger partial charge on any atom is 0.251 e. The molecule has 2 N–H and O–H groups in total. The highest BCUT2D eigenvalue weighted by atomic mass is 16.1. The number of aromatic nitrogens is 4. The standard InChI is InChI=1S/C11H13N5O/c1-7-4-3-5-9(8(7)2)11(17)12-6-10-13-15-16-14-10/h3-5H,6H2,1-2H3,(H,12,17)(H,13,14,15,16). The molecule has 1 aromatic heterocycles. The maximum atomic E-state index is 11.9. The Morgan fingerprint density at radius 3 is 2.94 bits per heavy atom. The zero-order chi connectivity index (χ0) is 12.3. The molecule has 0 aliphatic rings. The van der Waals surface area contributed by atoms with E-state index in [9.17, 15) is 4.79 Å². The van der Waals surface area contributed by atoms with Crippen molar-refractivity contribution < 1.29 is 4.79 Å². The van der Waals surface area contributed by atoms with E-state index in [-0.39, 0.29) is 12.5 Å². The first-order valence-corrected chi connectivity index (χ1v) is 5.25. The summed E-state index contributed by atoms with van der Waals surface area (Å²) in [6, 6.07) is 5.64. The van der Waals surface area contributed by atoms with E-state index in [1.165, 1.54) is 0 Å². The fourth-order valence-corrected chi connectivity index (χ4v) is 1.51. The Labute approximate surface area is 98.4 Å². The van der Waals surface area contributed by atoms with Crippen molar-refractivity contribution in [3.63, 3.8) is 0 Å². The van der Waals surface area contributed by atoms with E-state index < -0.39 is 0 Å². The molecule has 0 atom stereocenters. The minimum atomic E-state index is -0.129. The fraction of sp³-hybridized carbons (Fsp3) is 0.273. The Morgan fingerprint density at radius 1 is 1.41 bits per heavy atom. The minimum absolute atomic E-state index is 0.129. The number of H-pyrrole nitrogens is 1. The van der Waals surface area contributed by atoms with E-state index in [0.29, 0.717) is 11.4 Å². The quantitative estimate of drug-likeness (QED) is 0.816. The van der Waals surface area contributed by atoms with Crippen LogP contribution < -0.4 is 5.32 Å². The van der Waals surface area contributed by atoms with Crippen molar-refractivity contribution >= 4 is 5.91 Å². The first kappa shape index (κ1) is 11.3. The topological polar surface area (TPSA) is 83.6 Å². The van der Waals surface area contributed by atoms with E-state index in [2.05, 4.69) is 25.9 Å². The lowest BCUT2D eigenvalue weighted by atomic mass is 10.0. The molecule has 0 radical (unpaired) electrons. The summed E-state index contributed by atoms with van der Waals surface area (Å²) in [5.41, 5.74) is 2.75. The molecule has 1 heterocycles. The van der Waals surface area contributed by atoms with Crippen molar-refractivity contribution in [2.24, 2.45) is 0 Å². The van der Waals surface area contributed by atoms with Gasteiger partial charge in [-0.25, -0.2) is 0 Å². The largest absolute Gasteiger partial charge is 0.345 e. The fourth-order valence-electron chi connectivity index (χ4n) is 1.51. The highest BCUT2D eigenvalue weighted by molar-refractivity contribution is 5.95. The van der Waals surface area contributed by atoms with Crippen molar-refractivity contribution in [2.75, 3.05) is 0 Å². The summed E-state index contributed by atoms with van der Waals surface area (Å²) in [6.07, 6.45) is 0. The molecule has 1 amide bonds. The van der Waals surface area contributed by atoms with Crippen LogP contribution in [-0.4, -0.2) is 26.5 Å². The van der Waals surface area contributed by atoms with Crippen LogP contribution in [0.3, 0.4) is 0 Å². The third kappa shape index (κ3) is 2.47. The number of hydrogen-bond acceptors (Lipinski definition) is 4. The van der Waals surface area contributed by atoms with Gasteiger partial charge in [-0.3, -0.25) is 4.79 Å². The summed E-state index contributed by atoms with van der Waals surface area (Å²) < 4.78 is 0. The van der Waals surface area contributed by atoms with Crippen LogP contribution in [0.15, 0.2) is 18.2 Å². The first-order chi connectivity index (χ1) is 8.18. The molecular formula is C11H13N5O. The zero-order valence-electron chi connectivity index (χ0n) is 9.69. The first-order valence-electron chi connectivity index (χ1n) is 5.25. The number of amides is 1.